The molecule has 104 valence electrons. The third-order valence-corrected chi connectivity index (χ3v) is 5.63. The predicted molar refractivity (Wildman–Crippen MR) is 74.7 cm³/mol. The second-order valence-electron chi connectivity index (χ2n) is 6.94. The molecule has 2 heterocycles. The summed E-state index contributed by atoms with van der Waals surface area (Å²) < 4.78 is 6.23. The van der Waals surface area contributed by atoms with Crippen LogP contribution in [0.15, 0.2) is 0 Å². The van der Waals surface area contributed by atoms with Gasteiger partial charge in [-0.1, -0.05) is 26.2 Å². The van der Waals surface area contributed by atoms with Crippen LogP contribution in [0.3, 0.4) is 0 Å². The van der Waals surface area contributed by atoms with E-state index in [1.54, 1.807) is 0 Å². The van der Waals surface area contributed by atoms with Gasteiger partial charge in [-0.2, -0.15) is 0 Å². The topological polar surface area (TPSA) is 21.3 Å². The van der Waals surface area contributed by atoms with Gasteiger partial charge in [-0.3, -0.25) is 0 Å². The molecule has 0 aromatic rings. The minimum atomic E-state index is 0.278. The van der Waals surface area contributed by atoms with E-state index in [0.29, 0.717) is 0 Å². The lowest BCUT2D eigenvalue weighted by Crippen LogP contribution is -2.51. The molecule has 2 aliphatic heterocycles. The van der Waals surface area contributed by atoms with Crippen LogP contribution in [0.4, 0.5) is 0 Å². The summed E-state index contributed by atoms with van der Waals surface area (Å²) in [4.78, 5) is 0. The molecule has 3 aliphatic rings. The first-order valence-corrected chi connectivity index (χ1v) is 8.16. The van der Waals surface area contributed by atoms with Gasteiger partial charge in [0.2, 0.25) is 0 Å². The lowest BCUT2D eigenvalue weighted by atomic mass is 9.71. The van der Waals surface area contributed by atoms with Crippen molar-refractivity contribution < 1.29 is 4.74 Å². The van der Waals surface area contributed by atoms with Crippen LogP contribution in [0.5, 0.6) is 0 Å². The first kappa shape index (κ1) is 12.9. The van der Waals surface area contributed by atoms with Crippen molar-refractivity contribution in [2.24, 2.45) is 11.8 Å². The Hall–Kier alpha value is -0.0800. The zero-order chi connectivity index (χ0) is 12.4. The monoisotopic (exact) mass is 251 g/mol. The number of nitrogens with one attached hydrogen (secondary N) is 1. The molecule has 1 N–H and O–H groups in total. The zero-order valence-corrected chi connectivity index (χ0v) is 11.9. The van der Waals surface area contributed by atoms with Crippen LogP contribution in [-0.4, -0.2) is 24.8 Å². The fraction of sp³-hybridized carbons (Fsp3) is 1.00. The highest BCUT2D eigenvalue weighted by molar-refractivity contribution is 4.95. The van der Waals surface area contributed by atoms with Gasteiger partial charge in [0.05, 0.1) is 5.60 Å². The van der Waals surface area contributed by atoms with Crippen LogP contribution in [-0.2, 0) is 4.74 Å². The minimum absolute atomic E-state index is 0.278. The van der Waals surface area contributed by atoms with Crippen LogP contribution in [0.1, 0.15) is 64.7 Å². The second-order valence-corrected chi connectivity index (χ2v) is 6.94. The second kappa shape index (κ2) is 5.50. The van der Waals surface area contributed by atoms with Crippen molar-refractivity contribution in [3.63, 3.8) is 0 Å². The highest BCUT2D eigenvalue weighted by Crippen LogP contribution is 2.43. The fourth-order valence-corrected chi connectivity index (χ4v) is 4.62. The van der Waals surface area contributed by atoms with E-state index in [4.69, 9.17) is 4.74 Å². The van der Waals surface area contributed by atoms with E-state index in [9.17, 15) is 0 Å². The molecule has 1 spiro atoms. The number of rotatable bonds is 1. The Balaban J connectivity index is 1.65. The maximum atomic E-state index is 6.23. The molecule has 3 rings (SSSR count). The van der Waals surface area contributed by atoms with Crippen LogP contribution in [0.2, 0.25) is 0 Å². The van der Waals surface area contributed by atoms with Crippen molar-refractivity contribution in [2.75, 3.05) is 13.2 Å². The van der Waals surface area contributed by atoms with E-state index >= 15 is 0 Å². The van der Waals surface area contributed by atoms with Crippen molar-refractivity contribution in [1.82, 2.24) is 5.32 Å². The number of piperidine rings is 1. The summed E-state index contributed by atoms with van der Waals surface area (Å²) in [6, 6.07) is 0.765. The summed E-state index contributed by atoms with van der Waals surface area (Å²) in [6.07, 6.45) is 12.2. The molecule has 0 aromatic carbocycles. The molecule has 0 bridgehead atoms. The molecule has 3 unspecified atom stereocenters. The Kier molecular flexibility index (Phi) is 3.95. The molecule has 2 saturated heterocycles. The van der Waals surface area contributed by atoms with E-state index in [-0.39, 0.29) is 5.60 Å². The van der Waals surface area contributed by atoms with E-state index < -0.39 is 0 Å². The summed E-state index contributed by atoms with van der Waals surface area (Å²) in [5.74, 6) is 1.73. The van der Waals surface area contributed by atoms with Crippen molar-refractivity contribution in [3.8, 4) is 0 Å². The lowest BCUT2D eigenvalue weighted by molar-refractivity contribution is -0.124. The average Bonchev–Trinajstić information content (AvgIpc) is 2.40. The number of hydrogen-bond acceptors (Lipinski definition) is 2. The minimum Gasteiger partial charge on any atom is -0.375 e. The fourth-order valence-electron chi connectivity index (χ4n) is 4.62. The Morgan fingerprint density at radius 1 is 1.06 bits per heavy atom. The normalized spacial score (nSPS) is 40.8. The summed E-state index contributed by atoms with van der Waals surface area (Å²) in [5.41, 5.74) is 0.278. The van der Waals surface area contributed by atoms with Crippen molar-refractivity contribution in [1.29, 1.82) is 0 Å². The molecule has 3 atom stereocenters. The van der Waals surface area contributed by atoms with Gasteiger partial charge in [-0.25, -0.2) is 0 Å². The SMILES string of the molecule is CC1CCCNC1C1CCOC2(CCCCC2)C1. The highest BCUT2D eigenvalue weighted by Gasteiger charge is 2.42. The third kappa shape index (κ3) is 2.60. The van der Waals surface area contributed by atoms with Gasteiger partial charge < -0.3 is 10.1 Å². The zero-order valence-electron chi connectivity index (χ0n) is 11.9. The third-order valence-electron chi connectivity index (χ3n) is 5.63. The van der Waals surface area contributed by atoms with Gasteiger partial charge in [0.15, 0.2) is 0 Å². The van der Waals surface area contributed by atoms with E-state index in [1.165, 1.54) is 64.3 Å². The maximum absolute atomic E-state index is 6.23. The van der Waals surface area contributed by atoms with E-state index in [2.05, 4.69) is 12.2 Å². The summed E-state index contributed by atoms with van der Waals surface area (Å²) in [5, 5.41) is 3.81. The molecule has 2 heteroatoms. The summed E-state index contributed by atoms with van der Waals surface area (Å²) >= 11 is 0. The first-order valence-electron chi connectivity index (χ1n) is 8.16. The van der Waals surface area contributed by atoms with Crippen molar-refractivity contribution in [2.45, 2.75) is 76.4 Å². The van der Waals surface area contributed by atoms with Crippen LogP contribution in [0.25, 0.3) is 0 Å². The summed E-state index contributed by atoms with van der Waals surface area (Å²) in [6.45, 7) is 4.69. The smallest absolute Gasteiger partial charge is 0.0685 e. The summed E-state index contributed by atoms with van der Waals surface area (Å²) in [7, 11) is 0. The first-order chi connectivity index (χ1) is 8.79. The molecule has 0 amide bonds. The molecule has 3 fully saturated rings. The Bertz CT molecular complexity index is 267. The molecule has 1 saturated carbocycles. The van der Waals surface area contributed by atoms with Gasteiger partial charge >= 0.3 is 0 Å². The van der Waals surface area contributed by atoms with Gasteiger partial charge in [-0.05, 0) is 56.9 Å². The molecular weight excluding hydrogens is 222 g/mol. The van der Waals surface area contributed by atoms with Crippen molar-refractivity contribution in [3.05, 3.63) is 0 Å². The number of hydrogen-bond donors (Lipinski definition) is 1. The molecule has 0 aromatic heterocycles. The predicted octanol–water partition coefficient (Wildman–Crippen LogP) is 3.50. The number of ether oxygens (including phenoxy) is 1. The Labute approximate surface area is 112 Å². The van der Waals surface area contributed by atoms with Gasteiger partial charge in [0.25, 0.3) is 0 Å². The van der Waals surface area contributed by atoms with Gasteiger partial charge in [0, 0.05) is 12.6 Å². The lowest BCUT2D eigenvalue weighted by Gasteiger charge is -2.47. The maximum Gasteiger partial charge on any atom is 0.0685 e. The molecular formula is C16H29NO. The van der Waals surface area contributed by atoms with Gasteiger partial charge in [0.1, 0.15) is 0 Å². The molecule has 2 nitrogen and oxygen atoms in total. The molecule has 1 aliphatic carbocycles. The average molecular weight is 251 g/mol. The molecule has 0 radical (unpaired) electrons. The van der Waals surface area contributed by atoms with Crippen LogP contribution >= 0.6 is 0 Å². The largest absolute Gasteiger partial charge is 0.375 e. The van der Waals surface area contributed by atoms with Crippen LogP contribution in [0, 0.1) is 11.8 Å². The van der Waals surface area contributed by atoms with Crippen LogP contribution < -0.4 is 5.32 Å². The van der Waals surface area contributed by atoms with Gasteiger partial charge in [-0.15, -0.1) is 0 Å². The Morgan fingerprint density at radius 2 is 1.89 bits per heavy atom. The van der Waals surface area contributed by atoms with E-state index in [0.717, 1.165) is 24.5 Å². The molecule has 18 heavy (non-hydrogen) atoms. The van der Waals surface area contributed by atoms with E-state index in [1.807, 2.05) is 0 Å². The highest BCUT2D eigenvalue weighted by atomic mass is 16.5. The standard InChI is InChI=1S/C16H29NO/c1-13-6-5-10-17-15(13)14-7-11-18-16(12-14)8-3-2-4-9-16/h13-15,17H,2-12H2,1H3. The quantitative estimate of drug-likeness (QED) is 0.770. The van der Waals surface area contributed by atoms with Crippen molar-refractivity contribution >= 4 is 0 Å². The Morgan fingerprint density at radius 3 is 2.67 bits per heavy atom.